The van der Waals surface area contributed by atoms with E-state index in [1.54, 1.807) is 26.0 Å². The van der Waals surface area contributed by atoms with Gasteiger partial charge in [0, 0.05) is 19.5 Å². The minimum absolute atomic E-state index is 0.0302. The minimum Gasteiger partial charge on any atom is -0.464 e. The summed E-state index contributed by atoms with van der Waals surface area (Å²) in [6.07, 6.45) is 1.48. The molecule has 0 fully saturated rings. The van der Waals surface area contributed by atoms with E-state index in [9.17, 15) is 9.59 Å². The normalized spacial score (nSPS) is 11.0. The highest BCUT2D eigenvalue weighted by Gasteiger charge is 2.17. The highest BCUT2D eigenvalue weighted by molar-refractivity contribution is 6.08. The molecule has 0 unspecified atom stereocenters. The molecule has 1 aromatic heterocycles. The second kappa shape index (κ2) is 5.88. The molecule has 5 heteroatoms. The SMILES string of the molecule is CN(CC(=O)c1coc2ccccc12)CC(=O)N(C)C. The fourth-order valence-electron chi connectivity index (χ4n) is 1.95. The number of ketones is 1. The number of rotatable bonds is 5. The molecule has 1 aromatic carbocycles. The van der Waals surface area contributed by atoms with E-state index in [2.05, 4.69) is 0 Å². The van der Waals surface area contributed by atoms with E-state index < -0.39 is 0 Å². The van der Waals surface area contributed by atoms with Crippen molar-refractivity contribution in [3.05, 3.63) is 36.1 Å². The number of benzene rings is 1. The highest BCUT2D eigenvalue weighted by atomic mass is 16.3. The monoisotopic (exact) mass is 274 g/mol. The lowest BCUT2D eigenvalue weighted by atomic mass is 10.1. The Hall–Kier alpha value is -2.14. The van der Waals surface area contributed by atoms with Gasteiger partial charge in [-0.05, 0) is 13.1 Å². The first kappa shape index (κ1) is 14.3. The molecule has 0 bridgehead atoms. The molecule has 0 N–H and O–H groups in total. The molecular weight excluding hydrogens is 256 g/mol. The molecule has 0 aliphatic carbocycles. The van der Waals surface area contributed by atoms with Crippen LogP contribution in [0.3, 0.4) is 0 Å². The number of para-hydroxylation sites is 1. The van der Waals surface area contributed by atoms with Crippen LogP contribution in [0.4, 0.5) is 0 Å². The molecular formula is C15H18N2O3. The Morgan fingerprint density at radius 2 is 1.80 bits per heavy atom. The van der Waals surface area contributed by atoms with Crippen LogP contribution >= 0.6 is 0 Å². The van der Waals surface area contributed by atoms with E-state index >= 15 is 0 Å². The zero-order valence-corrected chi connectivity index (χ0v) is 11.9. The van der Waals surface area contributed by atoms with Crippen LogP contribution in [0.2, 0.25) is 0 Å². The van der Waals surface area contributed by atoms with Gasteiger partial charge in [-0.15, -0.1) is 0 Å². The largest absolute Gasteiger partial charge is 0.464 e. The summed E-state index contributed by atoms with van der Waals surface area (Å²) in [5, 5.41) is 0.810. The van der Waals surface area contributed by atoms with Gasteiger partial charge in [0.1, 0.15) is 11.8 Å². The van der Waals surface area contributed by atoms with Crippen molar-refractivity contribution in [2.24, 2.45) is 0 Å². The van der Waals surface area contributed by atoms with Crippen molar-refractivity contribution in [3.8, 4) is 0 Å². The quantitative estimate of drug-likeness (QED) is 0.778. The van der Waals surface area contributed by atoms with Gasteiger partial charge in [0.15, 0.2) is 5.78 Å². The number of likely N-dealkylation sites (N-methyl/N-ethyl adjacent to an activating group) is 2. The third kappa shape index (κ3) is 3.05. The van der Waals surface area contributed by atoms with Crippen LogP contribution in [0, 0.1) is 0 Å². The molecule has 0 saturated carbocycles. The molecule has 1 heterocycles. The summed E-state index contributed by atoms with van der Waals surface area (Å²) in [7, 11) is 5.14. The van der Waals surface area contributed by atoms with Crippen molar-refractivity contribution in [2.45, 2.75) is 0 Å². The number of Topliss-reactive ketones (excluding diaryl/α,β-unsaturated/α-hetero) is 1. The Morgan fingerprint density at radius 3 is 2.50 bits per heavy atom. The van der Waals surface area contributed by atoms with Crippen molar-refractivity contribution in [2.75, 3.05) is 34.2 Å². The topological polar surface area (TPSA) is 53.8 Å². The lowest BCUT2D eigenvalue weighted by Crippen LogP contribution is -2.36. The Labute approximate surface area is 117 Å². The van der Waals surface area contributed by atoms with Crippen LogP contribution < -0.4 is 0 Å². The number of carbonyl (C=O) groups is 2. The zero-order valence-electron chi connectivity index (χ0n) is 11.9. The van der Waals surface area contributed by atoms with Crippen molar-refractivity contribution in [3.63, 3.8) is 0 Å². The number of carbonyl (C=O) groups excluding carboxylic acids is 2. The smallest absolute Gasteiger partial charge is 0.236 e. The Bertz CT molecular complexity index is 631. The summed E-state index contributed by atoms with van der Waals surface area (Å²) in [5.41, 5.74) is 1.26. The van der Waals surface area contributed by atoms with Gasteiger partial charge in [0.2, 0.25) is 5.91 Å². The number of hydrogen-bond donors (Lipinski definition) is 0. The molecule has 20 heavy (non-hydrogen) atoms. The second-order valence-corrected chi connectivity index (χ2v) is 5.03. The number of amides is 1. The van der Waals surface area contributed by atoms with E-state index in [0.29, 0.717) is 11.1 Å². The molecule has 106 valence electrons. The minimum atomic E-state index is -0.0518. The Kier molecular flexibility index (Phi) is 4.20. The fraction of sp³-hybridized carbons (Fsp3) is 0.333. The number of hydrogen-bond acceptors (Lipinski definition) is 4. The Morgan fingerprint density at radius 1 is 1.10 bits per heavy atom. The average Bonchev–Trinajstić information content (AvgIpc) is 2.82. The van der Waals surface area contributed by atoms with Gasteiger partial charge in [-0.25, -0.2) is 0 Å². The average molecular weight is 274 g/mol. The predicted molar refractivity (Wildman–Crippen MR) is 76.7 cm³/mol. The van der Waals surface area contributed by atoms with Crippen molar-refractivity contribution in [1.82, 2.24) is 9.80 Å². The second-order valence-electron chi connectivity index (χ2n) is 5.03. The zero-order chi connectivity index (χ0) is 14.7. The molecule has 0 aliphatic heterocycles. The van der Waals surface area contributed by atoms with Crippen molar-refractivity contribution < 1.29 is 14.0 Å². The summed E-state index contributed by atoms with van der Waals surface area (Å²) in [6.45, 7) is 0.400. The maximum Gasteiger partial charge on any atom is 0.236 e. The van der Waals surface area contributed by atoms with Gasteiger partial charge in [0.05, 0.1) is 18.7 Å². The van der Waals surface area contributed by atoms with Gasteiger partial charge >= 0.3 is 0 Å². The predicted octanol–water partition coefficient (Wildman–Crippen LogP) is 1.64. The van der Waals surface area contributed by atoms with Crippen LogP contribution in [-0.2, 0) is 4.79 Å². The molecule has 0 radical (unpaired) electrons. The third-order valence-corrected chi connectivity index (χ3v) is 3.10. The van der Waals surface area contributed by atoms with Crippen LogP contribution in [0.1, 0.15) is 10.4 Å². The number of furan rings is 1. The first-order valence-corrected chi connectivity index (χ1v) is 6.37. The molecule has 0 aliphatic rings. The van der Waals surface area contributed by atoms with Gasteiger partial charge < -0.3 is 9.32 Å². The molecule has 0 atom stereocenters. The summed E-state index contributed by atoms with van der Waals surface area (Å²) >= 11 is 0. The van der Waals surface area contributed by atoms with E-state index in [4.69, 9.17) is 4.42 Å². The molecule has 2 rings (SSSR count). The van der Waals surface area contributed by atoms with E-state index in [0.717, 1.165) is 5.39 Å². The van der Waals surface area contributed by atoms with Crippen molar-refractivity contribution in [1.29, 1.82) is 0 Å². The van der Waals surface area contributed by atoms with Crippen LogP contribution in [0.25, 0.3) is 11.0 Å². The van der Waals surface area contributed by atoms with Crippen LogP contribution in [0.15, 0.2) is 34.9 Å². The summed E-state index contributed by atoms with van der Waals surface area (Å²) in [5.74, 6) is -0.0821. The van der Waals surface area contributed by atoms with Gasteiger partial charge in [0.25, 0.3) is 0 Å². The lowest BCUT2D eigenvalue weighted by molar-refractivity contribution is -0.129. The summed E-state index contributed by atoms with van der Waals surface area (Å²) < 4.78 is 5.36. The standard InChI is InChI=1S/C15H18N2O3/c1-16(2)15(19)9-17(3)8-13(18)12-10-20-14-7-5-4-6-11(12)14/h4-7,10H,8-9H2,1-3H3. The van der Waals surface area contributed by atoms with E-state index in [1.165, 1.54) is 11.2 Å². The van der Waals surface area contributed by atoms with Crippen molar-refractivity contribution >= 4 is 22.7 Å². The maximum atomic E-state index is 12.3. The molecule has 0 spiro atoms. The molecule has 2 aromatic rings. The summed E-state index contributed by atoms with van der Waals surface area (Å²) in [4.78, 5) is 27.1. The third-order valence-electron chi connectivity index (χ3n) is 3.10. The molecule has 5 nitrogen and oxygen atoms in total. The first-order valence-electron chi connectivity index (χ1n) is 6.37. The fourth-order valence-corrected chi connectivity index (χ4v) is 1.95. The van der Waals surface area contributed by atoms with Gasteiger partial charge in [-0.2, -0.15) is 0 Å². The van der Waals surface area contributed by atoms with E-state index in [-0.39, 0.29) is 24.8 Å². The van der Waals surface area contributed by atoms with Gasteiger partial charge in [-0.1, -0.05) is 18.2 Å². The number of fused-ring (bicyclic) bond motifs is 1. The lowest BCUT2D eigenvalue weighted by Gasteiger charge is -2.17. The number of nitrogens with zero attached hydrogens (tertiary/aromatic N) is 2. The van der Waals surface area contributed by atoms with Gasteiger partial charge in [-0.3, -0.25) is 14.5 Å². The first-order chi connectivity index (χ1) is 9.49. The van der Waals surface area contributed by atoms with Crippen LogP contribution in [-0.4, -0.2) is 55.7 Å². The Balaban J connectivity index is 2.07. The molecule has 0 saturated heterocycles. The highest BCUT2D eigenvalue weighted by Crippen LogP contribution is 2.21. The summed E-state index contributed by atoms with van der Waals surface area (Å²) in [6, 6.07) is 7.41. The van der Waals surface area contributed by atoms with E-state index in [1.807, 2.05) is 24.3 Å². The van der Waals surface area contributed by atoms with Crippen LogP contribution in [0.5, 0.6) is 0 Å². The maximum absolute atomic E-state index is 12.3. The molecule has 1 amide bonds.